The van der Waals surface area contributed by atoms with Crippen LogP contribution >= 0.6 is 11.6 Å². The number of amides is 1. The predicted molar refractivity (Wildman–Crippen MR) is 177 cm³/mol. The van der Waals surface area contributed by atoms with Gasteiger partial charge in [0.25, 0.3) is 0 Å². The van der Waals surface area contributed by atoms with Crippen LogP contribution < -0.4 is 9.64 Å². The molecule has 48 heavy (non-hydrogen) atoms. The number of esters is 1. The number of halogens is 2. The van der Waals surface area contributed by atoms with Crippen LogP contribution in [0.4, 0.5) is 15.0 Å². The first-order chi connectivity index (χ1) is 22.9. The van der Waals surface area contributed by atoms with Crippen molar-refractivity contribution in [2.75, 3.05) is 31.1 Å². The van der Waals surface area contributed by atoms with Gasteiger partial charge in [0.2, 0.25) is 5.88 Å². The lowest BCUT2D eigenvalue weighted by Gasteiger charge is -2.41. The molecule has 0 spiro atoms. The lowest BCUT2D eigenvalue weighted by atomic mass is 9.79. The number of furan rings is 1. The summed E-state index contributed by atoms with van der Waals surface area (Å²) >= 11 is 6.37. The summed E-state index contributed by atoms with van der Waals surface area (Å²) in [5.41, 5.74) is -0.679. The van der Waals surface area contributed by atoms with Gasteiger partial charge in [-0.25, -0.2) is 28.9 Å². The summed E-state index contributed by atoms with van der Waals surface area (Å²) < 4.78 is 41.4. The number of benzene rings is 1. The number of alkyl halides is 1. The lowest BCUT2D eigenvalue weighted by Crippen LogP contribution is -2.49. The standard InChI is InChI=1S/C35H39ClFN5O6/c1-20-18-41-13-12-35(20,37)24-15-21(36)17-38-31(24)46-22-16-25(32(43)48-34(2,3)4)42(19-22)30-29-28(23-9-5-6-10-26(23)47-29)39-27(40-30)11-7-8-14-45-33(41)44/h5-6,9-10,15,17,20,22,25H,7-8,11-14,16,18-19H2,1-4H3/t20-,22-,25-,35+/m0/s1. The molecule has 0 saturated carbocycles. The number of nitrogens with zero attached hydrogens (tertiary/aromatic N) is 5. The first-order valence-electron chi connectivity index (χ1n) is 16.5. The highest BCUT2D eigenvalue weighted by molar-refractivity contribution is 6.30. The summed E-state index contributed by atoms with van der Waals surface area (Å²) in [5, 5.41) is 1.09. The molecule has 6 bridgehead atoms. The van der Waals surface area contributed by atoms with Gasteiger partial charge in [-0.3, -0.25) is 0 Å². The number of aromatic nitrogens is 3. The Morgan fingerprint density at radius 1 is 1.17 bits per heavy atom. The van der Waals surface area contributed by atoms with Gasteiger partial charge in [-0.15, -0.1) is 0 Å². The van der Waals surface area contributed by atoms with Crippen LogP contribution in [0.15, 0.2) is 40.9 Å². The van der Waals surface area contributed by atoms with Crippen molar-refractivity contribution in [3.05, 3.63) is 52.9 Å². The fourth-order valence-electron chi connectivity index (χ4n) is 6.93. The highest BCUT2D eigenvalue weighted by atomic mass is 35.5. The van der Waals surface area contributed by atoms with Gasteiger partial charge in [0.05, 0.1) is 23.7 Å². The molecule has 1 aromatic carbocycles. The van der Waals surface area contributed by atoms with E-state index in [9.17, 15) is 9.59 Å². The Kier molecular flexibility index (Phi) is 8.33. The van der Waals surface area contributed by atoms with E-state index in [2.05, 4.69) is 4.98 Å². The van der Waals surface area contributed by atoms with Crippen LogP contribution in [0.3, 0.4) is 0 Å². The highest BCUT2D eigenvalue weighted by Gasteiger charge is 2.48. The summed E-state index contributed by atoms with van der Waals surface area (Å²) in [4.78, 5) is 44.5. The van der Waals surface area contributed by atoms with Crippen molar-refractivity contribution < 1.29 is 32.6 Å². The Labute approximate surface area is 282 Å². The fraction of sp³-hybridized carbons (Fsp3) is 0.514. The smallest absolute Gasteiger partial charge is 0.409 e. The third-order valence-corrected chi connectivity index (χ3v) is 9.51. The number of para-hydroxylation sites is 1. The zero-order chi connectivity index (χ0) is 33.8. The van der Waals surface area contributed by atoms with Gasteiger partial charge in [0, 0.05) is 49.9 Å². The summed E-state index contributed by atoms with van der Waals surface area (Å²) in [6.07, 6.45) is 2.36. The van der Waals surface area contributed by atoms with Gasteiger partial charge in [0.1, 0.15) is 40.3 Å². The second kappa shape index (κ2) is 12.4. The van der Waals surface area contributed by atoms with Crippen molar-refractivity contribution in [2.45, 2.75) is 83.2 Å². The molecule has 254 valence electrons. The van der Waals surface area contributed by atoms with E-state index in [-0.39, 0.29) is 55.5 Å². The SMILES string of the molecule is C[C@H]1CN2CC[C@]1(F)c1cc(Cl)cnc1O[C@H]1C[C@@H](C(=O)OC(C)(C)C)N(C1)c1nc(nc3c1oc1ccccc13)CCCCOC2=O. The molecule has 11 nitrogen and oxygen atoms in total. The number of ether oxygens (including phenoxy) is 3. The van der Waals surface area contributed by atoms with Crippen LogP contribution in [0, 0.1) is 5.92 Å². The number of hydrogen-bond acceptors (Lipinski definition) is 10. The minimum absolute atomic E-state index is 0.0183. The van der Waals surface area contributed by atoms with Gasteiger partial charge in [-0.1, -0.05) is 30.7 Å². The van der Waals surface area contributed by atoms with Gasteiger partial charge >= 0.3 is 12.1 Å². The van der Waals surface area contributed by atoms with Crippen molar-refractivity contribution in [3.63, 3.8) is 0 Å². The van der Waals surface area contributed by atoms with Crippen molar-refractivity contribution in [2.24, 2.45) is 5.92 Å². The highest BCUT2D eigenvalue weighted by Crippen LogP contribution is 2.46. The molecule has 1 amide bonds. The number of rotatable bonds is 1. The van der Waals surface area contributed by atoms with Gasteiger partial charge in [-0.05, 0) is 51.8 Å². The van der Waals surface area contributed by atoms with Crippen LogP contribution in [-0.4, -0.2) is 75.9 Å². The number of fused-ring (bicyclic) bond motifs is 10. The molecule has 0 aliphatic carbocycles. The molecule has 0 radical (unpaired) electrons. The first kappa shape index (κ1) is 32.4. The van der Waals surface area contributed by atoms with Gasteiger partial charge < -0.3 is 28.4 Å². The van der Waals surface area contributed by atoms with Crippen LogP contribution in [0.5, 0.6) is 5.88 Å². The van der Waals surface area contributed by atoms with Crippen molar-refractivity contribution >= 4 is 51.6 Å². The van der Waals surface area contributed by atoms with E-state index in [0.717, 1.165) is 5.39 Å². The Hall–Kier alpha value is -4.19. The van der Waals surface area contributed by atoms with Crippen LogP contribution in [0.25, 0.3) is 22.1 Å². The number of piperidine rings is 1. The molecular formula is C35H39ClFN5O6. The molecule has 4 atom stereocenters. The second-order valence-electron chi connectivity index (χ2n) is 14.0. The minimum Gasteiger partial charge on any atom is -0.472 e. The Bertz CT molecular complexity index is 1880. The van der Waals surface area contributed by atoms with E-state index in [0.29, 0.717) is 47.6 Å². The molecule has 4 aliphatic rings. The number of aryl methyl sites for hydroxylation is 1. The Morgan fingerprint density at radius 3 is 2.77 bits per heavy atom. The van der Waals surface area contributed by atoms with E-state index >= 15 is 4.39 Å². The molecular weight excluding hydrogens is 641 g/mol. The first-order valence-corrected chi connectivity index (χ1v) is 16.9. The van der Waals surface area contributed by atoms with Crippen molar-refractivity contribution in [1.29, 1.82) is 0 Å². The van der Waals surface area contributed by atoms with Crippen molar-refractivity contribution in [1.82, 2.24) is 19.9 Å². The monoisotopic (exact) mass is 679 g/mol. The maximum atomic E-state index is 17.1. The molecule has 0 N–H and O–H groups in total. The number of carbonyl (C=O) groups excluding carboxylic acids is 2. The maximum Gasteiger partial charge on any atom is 0.409 e. The normalized spacial score (nSPS) is 25.2. The average molecular weight is 680 g/mol. The average Bonchev–Trinajstić information content (AvgIpc) is 3.63. The van der Waals surface area contributed by atoms with Crippen LogP contribution in [-0.2, 0) is 26.4 Å². The van der Waals surface area contributed by atoms with Crippen LogP contribution in [0.1, 0.15) is 64.8 Å². The molecule has 13 heteroatoms. The summed E-state index contributed by atoms with van der Waals surface area (Å²) in [6, 6.07) is 8.37. The predicted octanol–water partition coefficient (Wildman–Crippen LogP) is 6.77. The fourth-order valence-corrected chi connectivity index (χ4v) is 7.08. The summed E-state index contributed by atoms with van der Waals surface area (Å²) in [6.45, 7) is 7.97. The lowest BCUT2D eigenvalue weighted by molar-refractivity contribution is -0.156. The zero-order valence-corrected chi connectivity index (χ0v) is 28.3. The number of hydrogen-bond donors (Lipinski definition) is 0. The zero-order valence-electron chi connectivity index (χ0n) is 27.5. The van der Waals surface area contributed by atoms with E-state index in [1.165, 1.54) is 6.20 Å². The third kappa shape index (κ3) is 6.10. The van der Waals surface area contributed by atoms with E-state index in [4.69, 9.17) is 40.2 Å². The molecule has 0 unspecified atom stereocenters. The Balaban J connectivity index is 1.34. The molecule has 7 heterocycles. The molecule has 4 aliphatic heterocycles. The number of carbonyl (C=O) groups is 2. The molecule has 8 rings (SSSR count). The van der Waals surface area contributed by atoms with E-state index < -0.39 is 41.4 Å². The Morgan fingerprint density at radius 2 is 1.98 bits per heavy atom. The summed E-state index contributed by atoms with van der Waals surface area (Å²) in [7, 11) is 0. The number of anilines is 1. The molecule has 2 saturated heterocycles. The van der Waals surface area contributed by atoms with Crippen LogP contribution in [0.2, 0.25) is 5.02 Å². The van der Waals surface area contributed by atoms with E-state index in [1.807, 2.05) is 49.9 Å². The topological polar surface area (TPSA) is 120 Å². The quantitative estimate of drug-likeness (QED) is 0.199. The largest absolute Gasteiger partial charge is 0.472 e. The van der Waals surface area contributed by atoms with Gasteiger partial charge in [0.15, 0.2) is 11.4 Å². The molecule has 2 fully saturated rings. The van der Waals surface area contributed by atoms with E-state index in [1.54, 1.807) is 17.9 Å². The summed E-state index contributed by atoms with van der Waals surface area (Å²) in [5.74, 6) is 0.0711. The molecule has 4 aromatic rings. The molecule has 3 aromatic heterocycles. The minimum atomic E-state index is -1.88. The number of pyridine rings is 1. The maximum absolute atomic E-state index is 17.1. The second-order valence-corrected chi connectivity index (χ2v) is 14.4. The van der Waals surface area contributed by atoms with Gasteiger partial charge in [-0.2, -0.15) is 0 Å². The van der Waals surface area contributed by atoms with Crippen molar-refractivity contribution in [3.8, 4) is 5.88 Å². The third-order valence-electron chi connectivity index (χ3n) is 9.30.